The smallest absolute Gasteiger partial charge is 0.337 e. The van der Waals surface area contributed by atoms with Gasteiger partial charge in [0.05, 0.1) is 5.56 Å². The van der Waals surface area contributed by atoms with Gasteiger partial charge in [-0.2, -0.15) is 0 Å². The number of aliphatic carboxylic acids is 1. The van der Waals surface area contributed by atoms with Crippen molar-refractivity contribution in [3.8, 4) is 0 Å². The third kappa shape index (κ3) is 4.32. The summed E-state index contributed by atoms with van der Waals surface area (Å²) in [6.07, 6.45) is 0.472. The van der Waals surface area contributed by atoms with Gasteiger partial charge >= 0.3 is 11.9 Å². The second-order valence-corrected chi connectivity index (χ2v) is 3.86. The molecule has 3 N–H and O–H groups in total. The molecule has 1 aromatic carbocycles. The lowest BCUT2D eigenvalue weighted by atomic mass is 10.1. The Bertz CT molecular complexity index is 433. The van der Waals surface area contributed by atoms with Crippen LogP contribution in [0.3, 0.4) is 0 Å². The zero-order chi connectivity index (χ0) is 12.8. The quantitative estimate of drug-likeness (QED) is 0.681. The summed E-state index contributed by atoms with van der Waals surface area (Å²) in [7, 11) is 0. The molecule has 0 fully saturated rings. The number of anilines is 1. The number of halogens is 1. The van der Waals surface area contributed by atoms with E-state index in [1.807, 2.05) is 0 Å². The van der Waals surface area contributed by atoms with Gasteiger partial charge in [0.1, 0.15) is 0 Å². The summed E-state index contributed by atoms with van der Waals surface area (Å²) in [5, 5.41) is 20.6. The molecule has 5 nitrogen and oxygen atoms in total. The van der Waals surface area contributed by atoms with Crippen molar-refractivity contribution in [1.82, 2.24) is 0 Å². The first-order chi connectivity index (χ1) is 8.00. The van der Waals surface area contributed by atoms with E-state index in [0.29, 0.717) is 23.7 Å². The predicted octanol–water partition coefficient (Wildman–Crippen LogP) is 2.31. The van der Waals surface area contributed by atoms with Gasteiger partial charge in [0.2, 0.25) is 0 Å². The van der Waals surface area contributed by atoms with Crippen molar-refractivity contribution in [2.75, 3.05) is 11.9 Å². The summed E-state index contributed by atoms with van der Waals surface area (Å²) in [5.74, 6) is -1.95. The largest absolute Gasteiger partial charge is 0.481 e. The van der Waals surface area contributed by atoms with E-state index in [1.165, 1.54) is 6.07 Å². The Morgan fingerprint density at radius 1 is 1.29 bits per heavy atom. The Kier molecular flexibility index (Phi) is 4.78. The fourth-order valence-electron chi connectivity index (χ4n) is 1.31. The van der Waals surface area contributed by atoms with E-state index in [4.69, 9.17) is 21.8 Å². The van der Waals surface area contributed by atoms with Crippen molar-refractivity contribution < 1.29 is 19.8 Å². The molecule has 0 aliphatic carbocycles. The molecule has 1 aromatic rings. The number of rotatable bonds is 6. The van der Waals surface area contributed by atoms with E-state index >= 15 is 0 Å². The first-order valence-electron chi connectivity index (χ1n) is 4.99. The molecule has 17 heavy (non-hydrogen) atoms. The van der Waals surface area contributed by atoms with Crippen LogP contribution >= 0.6 is 11.6 Å². The zero-order valence-electron chi connectivity index (χ0n) is 8.94. The summed E-state index contributed by atoms with van der Waals surface area (Å²) >= 11 is 5.69. The van der Waals surface area contributed by atoms with E-state index in [2.05, 4.69) is 5.32 Å². The van der Waals surface area contributed by atoms with Gasteiger partial charge in [-0.25, -0.2) is 4.79 Å². The number of benzene rings is 1. The second-order valence-electron chi connectivity index (χ2n) is 3.42. The van der Waals surface area contributed by atoms with Crippen LogP contribution in [0, 0.1) is 0 Å². The molecule has 0 unspecified atom stereocenters. The summed E-state index contributed by atoms with van der Waals surface area (Å²) in [6.45, 7) is 0.397. The lowest BCUT2D eigenvalue weighted by molar-refractivity contribution is -0.137. The second kappa shape index (κ2) is 6.10. The maximum absolute atomic E-state index is 10.9. The van der Waals surface area contributed by atoms with Gasteiger partial charge in [-0.15, -0.1) is 0 Å². The lowest BCUT2D eigenvalue weighted by Crippen LogP contribution is -2.09. The van der Waals surface area contributed by atoms with Crippen molar-refractivity contribution in [1.29, 1.82) is 0 Å². The van der Waals surface area contributed by atoms with Crippen LogP contribution in [-0.4, -0.2) is 28.7 Å². The first kappa shape index (κ1) is 13.3. The molecule has 0 amide bonds. The number of hydrogen-bond acceptors (Lipinski definition) is 3. The number of nitrogens with one attached hydrogen (secondary N) is 1. The molecule has 0 heterocycles. The highest BCUT2D eigenvalue weighted by molar-refractivity contribution is 6.31. The van der Waals surface area contributed by atoms with Crippen LogP contribution in [0.2, 0.25) is 5.02 Å². The maximum atomic E-state index is 10.9. The topological polar surface area (TPSA) is 86.6 Å². The minimum Gasteiger partial charge on any atom is -0.481 e. The monoisotopic (exact) mass is 257 g/mol. The van der Waals surface area contributed by atoms with Crippen LogP contribution in [0.1, 0.15) is 23.2 Å². The van der Waals surface area contributed by atoms with Gasteiger partial charge in [0.15, 0.2) is 0 Å². The molecule has 0 aliphatic rings. The molecular formula is C11H12ClNO4. The Morgan fingerprint density at radius 3 is 2.59 bits per heavy atom. The third-order valence-corrected chi connectivity index (χ3v) is 2.33. The minimum absolute atomic E-state index is 0.0446. The van der Waals surface area contributed by atoms with E-state index < -0.39 is 11.9 Å². The van der Waals surface area contributed by atoms with Gasteiger partial charge in [0.25, 0.3) is 0 Å². The van der Waals surface area contributed by atoms with Gasteiger partial charge in [0, 0.05) is 23.7 Å². The molecular weight excluding hydrogens is 246 g/mol. The number of aromatic carboxylic acids is 1. The van der Waals surface area contributed by atoms with Crippen LogP contribution in [0.15, 0.2) is 18.2 Å². The molecule has 0 saturated heterocycles. The van der Waals surface area contributed by atoms with E-state index in [9.17, 15) is 9.59 Å². The molecule has 0 aromatic heterocycles. The van der Waals surface area contributed by atoms with E-state index in [1.54, 1.807) is 12.1 Å². The molecule has 0 aliphatic heterocycles. The van der Waals surface area contributed by atoms with Crippen LogP contribution in [0.5, 0.6) is 0 Å². The summed E-state index contributed by atoms with van der Waals surface area (Å²) < 4.78 is 0. The Hall–Kier alpha value is -1.75. The van der Waals surface area contributed by atoms with Crippen molar-refractivity contribution in [2.45, 2.75) is 12.8 Å². The minimum atomic E-state index is -1.08. The van der Waals surface area contributed by atoms with E-state index in [-0.39, 0.29) is 12.0 Å². The maximum Gasteiger partial charge on any atom is 0.337 e. The van der Waals surface area contributed by atoms with Crippen molar-refractivity contribution >= 4 is 29.2 Å². The van der Waals surface area contributed by atoms with Gasteiger partial charge < -0.3 is 15.5 Å². The molecule has 1 rings (SSSR count). The fraction of sp³-hybridized carbons (Fsp3) is 0.273. The average Bonchev–Trinajstić information content (AvgIpc) is 2.25. The van der Waals surface area contributed by atoms with Gasteiger partial charge in [-0.1, -0.05) is 11.6 Å². The molecule has 0 radical (unpaired) electrons. The molecule has 0 bridgehead atoms. The SMILES string of the molecule is O=C(O)CCCNc1ccc(Cl)cc1C(=O)O. The van der Waals surface area contributed by atoms with Crippen LogP contribution in [-0.2, 0) is 4.79 Å². The summed E-state index contributed by atoms with van der Waals surface area (Å²) in [4.78, 5) is 21.2. The molecule has 0 spiro atoms. The standard InChI is InChI=1S/C11H12ClNO4/c12-7-3-4-9(8(6-7)11(16)17)13-5-1-2-10(14)15/h3-4,6,13H,1-2,5H2,(H,14,15)(H,16,17). The van der Waals surface area contributed by atoms with Gasteiger partial charge in [-0.3, -0.25) is 4.79 Å². The predicted molar refractivity (Wildman–Crippen MR) is 63.8 cm³/mol. The van der Waals surface area contributed by atoms with Crippen LogP contribution in [0.25, 0.3) is 0 Å². The summed E-state index contributed by atoms with van der Waals surface area (Å²) in [5.41, 5.74) is 0.514. The Labute approximate surface area is 103 Å². The van der Waals surface area contributed by atoms with Crippen LogP contribution < -0.4 is 5.32 Å². The molecule has 0 saturated carbocycles. The number of hydrogen-bond donors (Lipinski definition) is 3. The number of carboxylic acids is 2. The van der Waals surface area contributed by atoms with Gasteiger partial charge in [-0.05, 0) is 24.6 Å². The van der Waals surface area contributed by atoms with Crippen molar-refractivity contribution in [3.63, 3.8) is 0 Å². The van der Waals surface area contributed by atoms with Crippen molar-refractivity contribution in [2.24, 2.45) is 0 Å². The lowest BCUT2D eigenvalue weighted by Gasteiger charge is -2.09. The highest BCUT2D eigenvalue weighted by Crippen LogP contribution is 2.20. The fourth-order valence-corrected chi connectivity index (χ4v) is 1.48. The van der Waals surface area contributed by atoms with E-state index in [0.717, 1.165) is 0 Å². The van der Waals surface area contributed by atoms with Crippen molar-refractivity contribution in [3.05, 3.63) is 28.8 Å². The molecule has 0 atom stereocenters. The Balaban J connectivity index is 2.64. The molecule has 6 heteroatoms. The highest BCUT2D eigenvalue weighted by atomic mass is 35.5. The normalized spacial score (nSPS) is 9.94. The van der Waals surface area contributed by atoms with Crippen LogP contribution in [0.4, 0.5) is 5.69 Å². The highest BCUT2D eigenvalue weighted by Gasteiger charge is 2.10. The molecule has 92 valence electrons. The summed E-state index contributed by atoms with van der Waals surface area (Å²) in [6, 6.07) is 4.49. The number of carboxylic acid groups (broad SMARTS) is 2. The average molecular weight is 258 g/mol. The number of carbonyl (C=O) groups is 2. The third-order valence-electron chi connectivity index (χ3n) is 2.09. The zero-order valence-corrected chi connectivity index (χ0v) is 9.70. The Morgan fingerprint density at radius 2 is 2.00 bits per heavy atom. The first-order valence-corrected chi connectivity index (χ1v) is 5.37.